The lowest BCUT2D eigenvalue weighted by Crippen LogP contribution is -2.57. The van der Waals surface area contributed by atoms with E-state index in [4.69, 9.17) is 9.52 Å². The molecule has 1 amide bonds. The monoisotopic (exact) mass is 350 g/mol. The van der Waals surface area contributed by atoms with E-state index in [2.05, 4.69) is 0 Å². The van der Waals surface area contributed by atoms with Gasteiger partial charge in [0.05, 0.1) is 12.2 Å². The number of rotatable bonds is 1. The molecule has 2 saturated heterocycles. The Morgan fingerprint density at radius 2 is 1.78 bits per heavy atom. The summed E-state index contributed by atoms with van der Waals surface area (Å²) in [5.41, 5.74) is -0.492. The van der Waals surface area contributed by atoms with Crippen LogP contribution in [0, 0.1) is 10.7 Å². The normalized spacial score (nSPS) is 34.4. The van der Waals surface area contributed by atoms with Crippen molar-refractivity contribution >= 4 is 15.6 Å². The number of carbonyl (C=O) groups excluding carboxylic acids is 1. The molecular formula is C15H24F2N2O3S. The number of alkyl halides is 2. The van der Waals surface area contributed by atoms with Crippen molar-refractivity contribution in [2.45, 2.75) is 50.0 Å². The molecule has 5 nitrogen and oxygen atoms in total. The summed E-state index contributed by atoms with van der Waals surface area (Å²) in [7, 11) is -2.50. The molecule has 3 aliphatic rings. The minimum Gasteiger partial charge on any atom is -0.371 e. The molecule has 1 N–H and O–H groups in total. The maximum atomic E-state index is 13.3. The molecule has 23 heavy (non-hydrogen) atoms. The molecule has 0 bridgehead atoms. The molecule has 0 aromatic heterocycles. The van der Waals surface area contributed by atoms with Crippen molar-refractivity contribution < 1.29 is 22.5 Å². The van der Waals surface area contributed by atoms with Crippen LogP contribution in [0.3, 0.4) is 0 Å². The molecule has 0 aromatic rings. The fourth-order valence-corrected chi connectivity index (χ4v) is 5.42. The first-order valence-electron chi connectivity index (χ1n) is 8.25. The third-order valence-corrected chi connectivity index (χ3v) is 7.13. The van der Waals surface area contributed by atoms with E-state index in [0.29, 0.717) is 44.0 Å². The van der Waals surface area contributed by atoms with Crippen molar-refractivity contribution in [3.05, 3.63) is 0 Å². The van der Waals surface area contributed by atoms with Crippen molar-refractivity contribution in [3.8, 4) is 0 Å². The van der Waals surface area contributed by atoms with Crippen LogP contribution in [-0.4, -0.2) is 57.7 Å². The average Bonchev–Trinajstić information content (AvgIpc) is 2.50. The fraction of sp³-hybridized carbons (Fsp3) is 0.933. The lowest BCUT2D eigenvalue weighted by molar-refractivity contribution is -0.159. The van der Waals surface area contributed by atoms with Gasteiger partial charge in [-0.25, -0.2) is 13.0 Å². The number of hydrogen-bond donors (Lipinski definition) is 1. The van der Waals surface area contributed by atoms with Gasteiger partial charge in [-0.05, 0) is 25.7 Å². The van der Waals surface area contributed by atoms with Crippen LogP contribution >= 0.6 is 0 Å². The van der Waals surface area contributed by atoms with E-state index in [9.17, 15) is 17.8 Å². The average molecular weight is 350 g/mol. The number of carbonyl (C=O) groups is 1. The molecule has 0 aromatic carbocycles. The van der Waals surface area contributed by atoms with Gasteiger partial charge < -0.3 is 9.64 Å². The summed E-state index contributed by atoms with van der Waals surface area (Å²) in [5, 5.41) is 0. The molecule has 0 radical (unpaired) electrons. The molecule has 3 rings (SSSR count). The molecule has 1 spiro atoms. The van der Waals surface area contributed by atoms with E-state index in [-0.39, 0.29) is 37.5 Å². The van der Waals surface area contributed by atoms with E-state index in [1.54, 1.807) is 4.90 Å². The Hall–Kier alpha value is -0.760. The van der Waals surface area contributed by atoms with Crippen LogP contribution in [0.4, 0.5) is 8.78 Å². The van der Waals surface area contributed by atoms with Crippen molar-refractivity contribution in [1.29, 1.82) is 4.78 Å². The summed E-state index contributed by atoms with van der Waals surface area (Å²) in [4.78, 5) is 14.4. The number of nitrogens with zero attached hydrogens (tertiary/aromatic N) is 1. The van der Waals surface area contributed by atoms with E-state index < -0.39 is 21.3 Å². The van der Waals surface area contributed by atoms with Gasteiger partial charge >= 0.3 is 0 Å². The lowest BCUT2D eigenvalue weighted by atomic mass is 9.85. The number of halogens is 2. The van der Waals surface area contributed by atoms with Crippen molar-refractivity contribution in [3.63, 3.8) is 0 Å². The highest BCUT2D eigenvalue weighted by Crippen LogP contribution is 2.38. The van der Waals surface area contributed by atoms with Gasteiger partial charge in [-0.1, -0.05) is 0 Å². The van der Waals surface area contributed by atoms with Crippen molar-refractivity contribution in [2.75, 3.05) is 31.2 Å². The molecule has 0 atom stereocenters. The predicted octanol–water partition coefficient (Wildman–Crippen LogP) is 2.25. The van der Waals surface area contributed by atoms with Gasteiger partial charge in [-0.3, -0.25) is 9.57 Å². The van der Waals surface area contributed by atoms with E-state index >= 15 is 0 Å². The second kappa shape index (κ2) is 5.95. The van der Waals surface area contributed by atoms with Gasteiger partial charge in [-0.2, -0.15) is 0 Å². The summed E-state index contributed by atoms with van der Waals surface area (Å²) in [6.07, 6.45) is 1.14. The minimum atomic E-state index is -2.62. The standard InChI is InChI=1S/C15H24F2N2O3S/c16-15(17)3-1-12(2-4-15)13(20)19-7-8-22-14(11-19)5-9-23(18,21)10-6-14/h12,18H,1-11H2. The first-order chi connectivity index (χ1) is 10.7. The molecule has 1 saturated carbocycles. The summed E-state index contributed by atoms with van der Waals surface area (Å²) in [5.74, 6) is -2.36. The molecule has 8 heteroatoms. The summed E-state index contributed by atoms with van der Waals surface area (Å²) < 4.78 is 51.9. The Morgan fingerprint density at radius 3 is 2.39 bits per heavy atom. The van der Waals surface area contributed by atoms with Gasteiger partial charge in [0, 0.05) is 53.1 Å². The SMILES string of the molecule is N=S1(=O)CCC2(CC1)CN(C(=O)C1CCC(F)(F)CC1)CCO2. The molecular weight excluding hydrogens is 326 g/mol. The largest absolute Gasteiger partial charge is 0.371 e. The van der Waals surface area contributed by atoms with Crippen molar-refractivity contribution in [1.82, 2.24) is 4.90 Å². The van der Waals surface area contributed by atoms with Gasteiger partial charge in [-0.15, -0.1) is 0 Å². The summed E-state index contributed by atoms with van der Waals surface area (Å²) >= 11 is 0. The smallest absolute Gasteiger partial charge is 0.248 e. The van der Waals surface area contributed by atoms with Crippen LogP contribution in [-0.2, 0) is 19.3 Å². The first-order valence-corrected chi connectivity index (χ1v) is 10.1. The Kier molecular flexibility index (Phi) is 4.42. The van der Waals surface area contributed by atoms with Crippen molar-refractivity contribution in [2.24, 2.45) is 5.92 Å². The van der Waals surface area contributed by atoms with Crippen LogP contribution in [0.2, 0.25) is 0 Å². The molecule has 2 aliphatic heterocycles. The highest BCUT2D eigenvalue weighted by molar-refractivity contribution is 7.92. The molecule has 3 fully saturated rings. The number of amides is 1. The van der Waals surface area contributed by atoms with Crippen LogP contribution in [0.15, 0.2) is 0 Å². The van der Waals surface area contributed by atoms with Gasteiger partial charge in [0.2, 0.25) is 11.8 Å². The third kappa shape index (κ3) is 3.84. The fourth-order valence-electron chi connectivity index (χ4n) is 3.81. The number of hydrogen-bond acceptors (Lipinski definition) is 4. The van der Waals surface area contributed by atoms with Gasteiger partial charge in [0.25, 0.3) is 0 Å². The molecule has 132 valence electrons. The van der Waals surface area contributed by atoms with Crippen LogP contribution < -0.4 is 0 Å². The predicted molar refractivity (Wildman–Crippen MR) is 82.0 cm³/mol. The summed E-state index contributed by atoms with van der Waals surface area (Å²) in [6, 6.07) is 0. The molecule has 0 unspecified atom stereocenters. The van der Waals surface area contributed by atoms with E-state index in [0.717, 1.165) is 0 Å². The second-order valence-corrected chi connectivity index (χ2v) is 9.58. The Bertz CT molecular complexity index is 555. The zero-order valence-electron chi connectivity index (χ0n) is 13.2. The molecule has 2 heterocycles. The van der Waals surface area contributed by atoms with Crippen LogP contribution in [0.1, 0.15) is 38.5 Å². The Morgan fingerprint density at radius 1 is 1.17 bits per heavy atom. The van der Waals surface area contributed by atoms with Crippen LogP contribution in [0.5, 0.6) is 0 Å². The zero-order valence-corrected chi connectivity index (χ0v) is 14.0. The van der Waals surface area contributed by atoms with Crippen LogP contribution in [0.25, 0.3) is 0 Å². The topological polar surface area (TPSA) is 70.5 Å². The maximum Gasteiger partial charge on any atom is 0.248 e. The first kappa shape index (κ1) is 17.1. The molecule has 1 aliphatic carbocycles. The second-order valence-electron chi connectivity index (χ2n) is 7.14. The number of morpholine rings is 1. The quantitative estimate of drug-likeness (QED) is 0.788. The highest BCUT2D eigenvalue weighted by atomic mass is 32.2. The van der Waals surface area contributed by atoms with Gasteiger partial charge in [0.1, 0.15) is 0 Å². The third-order valence-electron chi connectivity index (χ3n) is 5.40. The maximum absolute atomic E-state index is 13.3. The van der Waals surface area contributed by atoms with E-state index in [1.807, 2.05) is 0 Å². The zero-order chi connectivity index (χ0) is 16.7. The summed E-state index contributed by atoms with van der Waals surface area (Å²) in [6.45, 7) is 1.35. The Labute approximate surface area is 135 Å². The van der Waals surface area contributed by atoms with Gasteiger partial charge in [0.15, 0.2) is 0 Å². The number of ether oxygens (including phenoxy) is 1. The highest BCUT2D eigenvalue weighted by Gasteiger charge is 2.44. The minimum absolute atomic E-state index is 0.0413. The Balaban J connectivity index is 1.61. The lowest BCUT2D eigenvalue weighted by Gasteiger charge is -2.46. The van der Waals surface area contributed by atoms with E-state index in [1.165, 1.54) is 0 Å². The number of nitrogens with one attached hydrogen (secondary N) is 1.